The van der Waals surface area contributed by atoms with Gasteiger partial charge in [0.05, 0.1) is 66.7 Å². The molecule has 0 atom stereocenters. The predicted molar refractivity (Wildman–Crippen MR) is 492 cm³/mol. The van der Waals surface area contributed by atoms with E-state index in [1.807, 2.05) is 48.5 Å². The first-order valence-electron chi connectivity index (χ1n) is 47.9. The van der Waals surface area contributed by atoms with Crippen LogP contribution >= 0.6 is 0 Å². The number of hydrogen-bond donors (Lipinski definition) is 0. The molecule has 14 aromatic carbocycles. The molecule has 0 fully saturated rings. The maximum absolute atomic E-state index is 9.70. The van der Waals surface area contributed by atoms with Gasteiger partial charge in [0.2, 0.25) is 0 Å². The predicted octanol–water partition coefficient (Wildman–Crippen LogP) is 28.5. The Morgan fingerprint density at radius 3 is 0.791 bits per heavy atom. The first-order valence-corrected chi connectivity index (χ1v) is 39.9. The van der Waals surface area contributed by atoms with Gasteiger partial charge in [-0.1, -0.05) is 325 Å². The summed E-state index contributed by atoms with van der Waals surface area (Å²) in [7, 11) is 0. The third-order valence-corrected chi connectivity index (χ3v) is 24.1. The van der Waals surface area contributed by atoms with Crippen molar-refractivity contribution in [2.75, 3.05) is 9.80 Å². The van der Waals surface area contributed by atoms with Crippen molar-refractivity contribution < 1.29 is 30.8 Å². The third kappa shape index (κ3) is 11.5. The smallest absolute Gasteiger partial charge is 0.252 e. The number of hydrogen-bond acceptors (Lipinski definition) is 4. The van der Waals surface area contributed by atoms with Crippen molar-refractivity contribution in [3.63, 3.8) is 0 Å². The van der Waals surface area contributed by atoms with Crippen LogP contribution in [0.1, 0.15) is 180 Å². The summed E-state index contributed by atoms with van der Waals surface area (Å²) in [6, 6.07) is 54.7. The zero-order valence-electron chi connectivity index (χ0n) is 84.4. The largest absolute Gasteiger partial charge is 0.452 e. The van der Waals surface area contributed by atoms with E-state index in [2.05, 4.69) is 250 Å². The van der Waals surface area contributed by atoms with Gasteiger partial charge in [-0.05, 0) is 188 Å². The molecule has 20 rings (SSSR count). The molecule has 0 unspecified atom stereocenters. The van der Waals surface area contributed by atoms with E-state index < -0.39 is 103 Å². The Balaban J connectivity index is 0.951. The van der Waals surface area contributed by atoms with Crippen molar-refractivity contribution in [2.24, 2.45) is 0 Å². The topological polar surface area (TPSA) is 42.6 Å². The van der Waals surface area contributed by atoms with Gasteiger partial charge in [-0.2, -0.15) is 0 Å². The fourth-order valence-corrected chi connectivity index (χ4v) is 17.6. The average molecular weight is 1510 g/mol. The minimum absolute atomic E-state index is 0.0442. The summed E-state index contributed by atoms with van der Waals surface area (Å²) >= 11 is 0. The molecule has 18 aromatic rings. The molecule has 0 amide bonds. The molecule has 2 aliphatic rings. The van der Waals surface area contributed by atoms with Crippen LogP contribution in [0.3, 0.4) is 0 Å². The Kier molecular flexibility index (Phi) is 12.3. The molecule has 0 saturated carbocycles. The number of anilines is 6. The van der Waals surface area contributed by atoms with Crippen molar-refractivity contribution in [3.05, 3.63) is 306 Å². The molecular formula is C108H99BN4O2. The highest BCUT2D eigenvalue weighted by Crippen LogP contribution is 2.54. The second-order valence-electron chi connectivity index (χ2n) is 37.9. The Morgan fingerprint density at radius 2 is 0.496 bits per heavy atom. The van der Waals surface area contributed by atoms with Crippen LogP contribution in [0, 0.1) is 0 Å². The van der Waals surface area contributed by atoms with Gasteiger partial charge < -0.3 is 27.8 Å². The number of aromatic nitrogens is 2. The normalized spacial score (nSPS) is 15.5. The molecule has 115 heavy (non-hydrogen) atoms. The van der Waals surface area contributed by atoms with E-state index in [9.17, 15) is 11.0 Å². The summed E-state index contributed by atoms with van der Waals surface area (Å²) in [5.74, 6) is 0. The molecule has 0 aliphatic carbocycles. The van der Waals surface area contributed by atoms with E-state index in [0.29, 0.717) is 44.1 Å². The van der Waals surface area contributed by atoms with Crippen LogP contribution in [0.25, 0.3) is 132 Å². The van der Waals surface area contributed by atoms with Crippen molar-refractivity contribution in [1.82, 2.24) is 9.13 Å². The Morgan fingerprint density at radius 1 is 0.243 bits per heavy atom. The van der Waals surface area contributed by atoms with Gasteiger partial charge in [0.15, 0.2) is 22.3 Å². The summed E-state index contributed by atoms with van der Waals surface area (Å²) in [4.78, 5) is 4.69. The molecule has 7 heteroatoms. The fourth-order valence-electron chi connectivity index (χ4n) is 17.6. The minimum atomic E-state index is -0.550. The molecule has 0 N–H and O–H groups in total. The molecule has 6 heterocycles. The Hall–Kier alpha value is -12.1. The zero-order chi connectivity index (χ0) is 93.6. The van der Waals surface area contributed by atoms with E-state index >= 15 is 0 Å². The van der Waals surface area contributed by atoms with Crippen LogP contribution in [0.4, 0.5) is 34.1 Å². The molecule has 0 bridgehead atoms. The lowest BCUT2D eigenvalue weighted by atomic mass is 9.33. The van der Waals surface area contributed by atoms with E-state index in [-0.39, 0.29) is 98.6 Å². The van der Waals surface area contributed by atoms with Crippen molar-refractivity contribution in [1.29, 1.82) is 0 Å². The number of rotatable bonds is 7. The van der Waals surface area contributed by atoms with Gasteiger partial charge in [-0.25, -0.2) is 0 Å². The number of nitrogens with zero attached hydrogens (tertiary/aromatic N) is 4. The average Bonchev–Trinajstić information content (AvgIpc) is 1.65. The van der Waals surface area contributed by atoms with Gasteiger partial charge in [0, 0.05) is 65.8 Å². The molecule has 0 saturated heterocycles. The van der Waals surface area contributed by atoms with E-state index in [1.54, 1.807) is 12.1 Å². The highest BCUT2D eigenvalue weighted by molar-refractivity contribution is 7.00. The molecule has 566 valence electrons. The molecular weight excluding hydrogens is 1400 g/mol. The van der Waals surface area contributed by atoms with Crippen LogP contribution in [0.5, 0.6) is 0 Å². The summed E-state index contributed by atoms with van der Waals surface area (Å²) in [6.45, 7) is 39.9. The van der Waals surface area contributed by atoms with Gasteiger partial charge in [0.1, 0.15) is 0 Å². The van der Waals surface area contributed by atoms with Gasteiger partial charge in [0.25, 0.3) is 6.71 Å². The summed E-state index contributed by atoms with van der Waals surface area (Å²) in [5, 5.41) is 2.35. The molecule has 0 spiro atoms. The Labute approximate surface area is 698 Å². The zero-order valence-corrected chi connectivity index (χ0v) is 68.4. The van der Waals surface area contributed by atoms with E-state index in [1.165, 1.54) is 31.4 Å². The first kappa shape index (κ1) is 56.2. The standard InChI is InChI=1S/C108H99BN4O2/c1-103(2,3)70-51-66(52-71(61-70)104(4,5)6)64-47-49-84-94(57-64)112(92-45-29-37-82-80-35-27-43-90(99(80)114-101(82)92)110-86-39-23-19-31-76(86)77-32-20-24-40-87(77)110)96-59-69(68-55-74(107(13,14)15)63-75(56-68)108(16,17)18)60-97-98(96)109(84)85-50-48-65(67-53-72(105(7,8)9)62-73(54-67)106(10,11)12)58-95(85)113(97)93-46-30-38-83-81-36-28-44-91(100(81)115-102(83)93)111-88-41-25-21-33-78(88)79-34-22-26-42-89(79)111/h19-63H,1-18H3/i19D,20D,21D,22D,23D,24D,25D,26D,31D,32D,33D,34D,39D,40D,41D,42D. The van der Waals surface area contributed by atoms with Crippen LogP contribution < -0.4 is 26.2 Å². The summed E-state index contributed by atoms with van der Waals surface area (Å²) in [6.07, 6.45) is 0. The van der Waals surface area contributed by atoms with E-state index in [4.69, 9.17) is 19.8 Å². The van der Waals surface area contributed by atoms with Crippen molar-refractivity contribution >= 4 is 145 Å². The SMILES string of the molecule is [2H]c1c([2H])c([2H])c2c(c1[2H])c1c([2H])c([2H])c([2H])c([2H])c1n2-c1cccc2c1oc1c(N3c4cc(-c5cc(C(C)(C)C)cc(C(C)(C)C)c5)ccc4B4c5ccc(-c6cc(C(C)(C)C)cc(C(C)(C)C)c6)cc5N(c5cccc6c5oc5c(-n7c8c([2H])c([2H])c([2H])c([2H])c8c8c([2H])c([2H])c([2H])c([2H])c87)cccc56)c5cc(-c6cc(C(C)(C)C)cc(C(C)(C)C)c6)cc3c54)cccc12. The molecule has 6 nitrogen and oxygen atoms in total. The highest BCUT2D eigenvalue weighted by Gasteiger charge is 2.46. The summed E-state index contributed by atoms with van der Waals surface area (Å²) in [5.41, 5.74) is 20.1. The molecule has 0 radical (unpaired) electrons. The number of benzene rings is 14. The third-order valence-electron chi connectivity index (χ3n) is 24.1. The first-order chi connectivity index (χ1) is 61.4. The highest BCUT2D eigenvalue weighted by atomic mass is 16.3. The second kappa shape index (κ2) is 25.2. The number of fused-ring (bicyclic) bond motifs is 16. The minimum Gasteiger partial charge on any atom is -0.452 e. The van der Waals surface area contributed by atoms with Crippen LogP contribution in [-0.4, -0.2) is 15.8 Å². The van der Waals surface area contributed by atoms with Crippen molar-refractivity contribution in [2.45, 2.75) is 157 Å². The van der Waals surface area contributed by atoms with Gasteiger partial charge in [-0.3, -0.25) is 0 Å². The molecule has 2 aliphatic heterocycles. The van der Waals surface area contributed by atoms with E-state index in [0.717, 1.165) is 83.6 Å². The monoisotopic (exact) mass is 1510 g/mol. The Bertz CT molecular complexity index is 7470. The lowest BCUT2D eigenvalue weighted by Crippen LogP contribution is -2.61. The summed E-state index contributed by atoms with van der Waals surface area (Å²) < 4.78 is 168. The maximum Gasteiger partial charge on any atom is 0.252 e. The lowest BCUT2D eigenvalue weighted by Gasteiger charge is -2.44. The van der Waals surface area contributed by atoms with Crippen molar-refractivity contribution in [3.8, 4) is 44.8 Å². The number of para-hydroxylation sites is 8. The van der Waals surface area contributed by atoms with Gasteiger partial charge in [-0.15, -0.1) is 0 Å². The lowest BCUT2D eigenvalue weighted by molar-refractivity contribution is 0.568. The number of furan rings is 2. The van der Waals surface area contributed by atoms with Crippen LogP contribution in [0.2, 0.25) is 0 Å². The molecule has 4 aromatic heterocycles. The quantitative estimate of drug-likeness (QED) is 0.149. The van der Waals surface area contributed by atoms with Crippen LogP contribution in [0.15, 0.2) is 281 Å². The fraction of sp³-hybridized carbons (Fsp3) is 0.222. The van der Waals surface area contributed by atoms with Gasteiger partial charge >= 0.3 is 0 Å². The maximum atomic E-state index is 9.70. The van der Waals surface area contributed by atoms with Crippen LogP contribution in [-0.2, 0) is 32.5 Å². The second-order valence-corrected chi connectivity index (χ2v) is 37.9.